The van der Waals surface area contributed by atoms with E-state index >= 15 is 0 Å². The molecule has 2 N–H and O–H groups in total. The van der Waals surface area contributed by atoms with Crippen LogP contribution in [-0.4, -0.2) is 39.4 Å². The van der Waals surface area contributed by atoms with Crippen molar-refractivity contribution in [1.82, 2.24) is 5.32 Å². The van der Waals surface area contributed by atoms with Gasteiger partial charge in [-0.05, 0) is 24.6 Å². The van der Waals surface area contributed by atoms with Gasteiger partial charge in [-0.1, -0.05) is 23.2 Å². The number of ether oxygens (including phenoxy) is 1. The Bertz CT molecular complexity index is 573. The molecule has 1 aromatic rings. The summed E-state index contributed by atoms with van der Waals surface area (Å²) in [6.45, 7) is 1.06. The number of rotatable bonds is 8. The van der Waals surface area contributed by atoms with Crippen molar-refractivity contribution in [2.45, 2.75) is 23.4 Å². The van der Waals surface area contributed by atoms with Gasteiger partial charge in [0.05, 0.1) is 11.0 Å². The fourth-order valence-electron chi connectivity index (χ4n) is 1.68. The highest BCUT2D eigenvalue weighted by Crippen LogP contribution is 2.23. The number of nitrogens with zero attached hydrogens (tertiary/aromatic N) is 1. The summed E-state index contributed by atoms with van der Waals surface area (Å²) in [4.78, 5) is 32.2. The number of nitro groups is 1. The van der Waals surface area contributed by atoms with Crippen molar-refractivity contribution in [1.29, 1.82) is 0 Å². The summed E-state index contributed by atoms with van der Waals surface area (Å²) in [5, 5.41) is 23.3. The number of hydrogen-bond donors (Lipinski definition) is 2. The number of nitrogens with one attached hydrogen (secondary N) is 1. The van der Waals surface area contributed by atoms with Gasteiger partial charge < -0.3 is 15.2 Å². The van der Waals surface area contributed by atoms with Gasteiger partial charge in [-0.3, -0.25) is 19.7 Å². The number of halogens is 2. The minimum absolute atomic E-state index is 0.153. The number of alkyl halides is 2. The number of aliphatic hydroxyl groups is 1. The largest absolute Gasteiger partial charge is 0.466 e. The van der Waals surface area contributed by atoms with Crippen LogP contribution in [0.4, 0.5) is 5.69 Å². The molecule has 1 rings (SSSR count). The van der Waals surface area contributed by atoms with Crippen LogP contribution in [0.3, 0.4) is 0 Å². The summed E-state index contributed by atoms with van der Waals surface area (Å²) in [5.41, 5.74) is 0.126. The molecule has 10 heteroatoms. The van der Waals surface area contributed by atoms with Crippen LogP contribution in [0.2, 0.25) is 0 Å². The summed E-state index contributed by atoms with van der Waals surface area (Å²) in [6.07, 6.45) is -1.30. The Morgan fingerprint density at radius 2 is 2.04 bits per heavy atom. The van der Waals surface area contributed by atoms with Gasteiger partial charge in [0.15, 0.2) is 4.33 Å². The number of carbonyl (C=O) groups is 2. The van der Waals surface area contributed by atoms with E-state index in [1.807, 2.05) is 0 Å². The molecule has 0 saturated heterocycles. The molecule has 0 saturated carbocycles. The van der Waals surface area contributed by atoms with E-state index in [4.69, 9.17) is 23.2 Å². The van der Waals surface area contributed by atoms with Crippen LogP contribution in [0.15, 0.2) is 24.3 Å². The number of carbonyl (C=O) groups excluding carboxylic acids is 2. The molecule has 126 valence electrons. The molecule has 0 aliphatic carbocycles. The summed E-state index contributed by atoms with van der Waals surface area (Å²) < 4.78 is 2.82. The Morgan fingerprint density at radius 1 is 1.48 bits per heavy atom. The molecule has 0 aliphatic rings. The number of aliphatic hydroxyl groups excluding tert-OH is 1. The minimum atomic E-state index is -1.74. The SMILES string of the molecule is CC(Cl)(Cl)C(=O)NC(COC=O)C(O)c1ccc([N+](=O)[O-])cc1. The fourth-order valence-corrected chi connectivity index (χ4v) is 1.78. The van der Waals surface area contributed by atoms with Crippen molar-refractivity contribution in [3.8, 4) is 0 Å². The summed E-state index contributed by atoms with van der Waals surface area (Å²) >= 11 is 11.3. The lowest BCUT2D eigenvalue weighted by Gasteiger charge is -2.25. The number of hydrogen-bond acceptors (Lipinski definition) is 6. The first kappa shape index (κ1) is 19.1. The number of amides is 1. The molecular formula is C13H14Cl2N2O6. The second-order valence-corrected chi connectivity index (χ2v) is 6.40. The third kappa shape index (κ3) is 5.66. The first-order valence-corrected chi connectivity index (χ1v) is 7.09. The molecule has 0 aliphatic heterocycles. The quantitative estimate of drug-likeness (QED) is 0.312. The van der Waals surface area contributed by atoms with Gasteiger partial charge in [-0.15, -0.1) is 0 Å². The highest BCUT2D eigenvalue weighted by atomic mass is 35.5. The smallest absolute Gasteiger partial charge is 0.293 e. The van der Waals surface area contributed by atoms with Crippen LogP contribution in [0.1, 0.15) is 18.6 Å². The standard InChI is InChI=1S/C13H14Cl2N2O6/c1-13(14,15)12(20)16-10(6-23-7-18)11(19)8-2-4-9(5-3-8)17(21)22/h2-5,7,10-11,19H,6H2,1H3,(H,16,20). The van der Waals surface area contributed by atoms with Gasteiger partial charge in [0, 0.05) is 12.1 Å². The lowest BCUT2D eigenvalue weighted by Crippen LogP contribution is -2.47. The monoisotopic (exact) mass is 364 g/mol. The van der Waals surface area contributed by atoms with Crippen LogP contribution >= 0.6 is 23.2 Å². The van der Waals surface area contributed by atoms with Crippen molar-refractivity contribution in [3.63, 3.8) is 0 Å². The zero-order valence-corrected chi connectivity index (χ0v) is 13.5. The first-order valence-electron chi connectivity index (χ1n) is 6.33. The second-order valence-electron chi connectivity index (χ2n) is 4.69. The van der Waals surface area contributed by atoms with Crippen LogP contribution in [0.25, 0.3) is 0 Å². The molecule has 0 aromatic heterocycles. The number of non-ortho nitro benzene ring substituents is 1. The molecule has 0 heterocycles. The average molecular weight is 365 g/mol. The number of benzene rings is 1. The molecule has 0 bridgehead atoms. The zero-order valence-electron chi connectivity index (χ0n) is 11.9. The topological polar surface area (TPSA) is 119 Å². The average Bonchev–Trinajstić information content (AvgIpc) is 2.49. The summed E-state index contributed by atoms with van der Waals surface area (Å²) in [7, 11) is 0. The van der Waals surface area contributed by atoms with E-state index < -0.39 is 27.3 Å². The molecule has 0 fully saturated rings. The second kappa shape index (κ2) is 8.09. The Kier molecular flexibility index (Phi) is 6.74. The van der Waals surface area contributed by atoms with E-state index in [2.05, 4.69) is 10.1 Å². The van der Waals surface area contributed by atoms with Crippen molar-refractivity contribution in [3.05, 3.63) is 39.9 Å². The molecule has 2 unspecified atom stereocenters. The Hall–Kier alpha value is -1.90. The normalized spacial score (nSPS) is 13.7. The number of nitro benzene ring substituents is 1. The van der Waals surface area contributed by atoms with Gasteiger partial charge in [-0.25, -0.2) is 0 Å². The van der Waals surface area contributed by atoms with Crippen molar-refractivity contribution >= 4 is 41.3 Å². The molecule has 0 radical (unpaired) electrons. The maximum Gasteiger partial charge on any atom is 0.293 e. The highest BCUT2D eigenvalue weighted by Gasteiger charge is 2.32. The van der Waals surface area contributed by atoms with Gasteiger partial charge in [0.1, 0.15) is 12.7 Å². The van der Waals surface area contributed by atoms with Gasteiger partial charge >= 0.3 is 0 Å². The molecule has 1 aromatic carbocycles. The molecule has 23 heavy (non-hydrogen) atoms. The van der Waals surface area contributed by atoms with Gasteiger partial charge in [0.2, 0.25) is 0 Å². The van der Waals surface area contributed by atoms with Crippen molar-refractivity contribution in [2.75, 3.05) is 6.61 Å². The van der Waals surface area contributed by atoms with E-state index in [0.29, 0.717) is 0 Å². The van der Waals surface area contributed by atoms with E-state index in [1.54, 1.807) is 0 Å². The zero-order chi connectivity index (χ0) is 17.6. The molecule has 2 atom stereocenters. The highest BCUT2D eigenvalue weighted by molar-refractivity contribution is 6.57. The minimum Gasteiger partial charge on any atom is -0.466 e. The van der Waals surface area contributed by atoms with E-state index in [-0.39, 0.29) is 24.3 Å². The summed E-state index contributed by atoms with van der Waals surface area (Å²) in [5.74, 6) is -0.790. The van der Waals surface area contributed by atoms with Gasteiger partial charge in [0.25, 0.3) is 18.1 Å². The maximum atomic E-state index is 11.8. The Balaban J connectivity index is 2.93. The molecular weight excluding hydrogens is 351 g/mol. The van der Waals surface area contributed by atoms with E-state index in [0.717, 1.165) is 0 Å². The van der Waals surface area contributed by atoms with Crippen LogP contribution < -0.4 is 5.32 Å². The van der Waals surface area contributed by atoms with Crippen molar-refractivity contribution < 1.29 is 24.4 Å². The fraction of sp³-hybridized carbons (Fsp3) is 0.385. The van der Waals surface area contributed by atoms with Crippen molar-refractivity contribution in [2.24, 2.45) is 0 Å². The first-order chi connectivity index (χ1) is 10.7. The summed E-state index contributed by atoms with van der Waals surface area (Å²) in [6, 6.07) is 4.01. The lowest BCUT2D eigenvalue weighted by molar-refractivity contribution is -0.384. The Labute approximate surface area is 141 Å². The van der Waals surface area contributed by atoms with Crippen LogP contribution in [-0.2, 0) is 14.3 Å². The Morgan fingerprint density at radius 3 is 2.48 bits per heavy atom. The third-order valence-corrected chi connectivity index (χ3v) is 3.23. The van der Waals surface area contributed by atoms with Crippen LogP contribution in [0.5, 0.6) is 0 Å². The molecule has 8 nitrogen and oxygen atoms in total. The van der Waals surface area contributed by atoms with E-state index in [1.165, 1.54) is 31.2 Å². The van der Waals surface area contributed by atoms with Crippen LogP contribution in [0, 0.1) is 10.1 Å². The lowest BCUT2D eigenvalue weighted by atomic mass is 10.0. The maximum absolute atomic E-state index is 11.8. The van der Waals surface area contributed by atoms with E-state index in [9.17, 15) is 24.8 Å². The molecule has 1 amide bonds. The van der Waals surface area contributed by atoms with Gasteiger partial charge in [-0.2, -0.15) is 0 Å². The predicted octanol–water partition coefficient (Wildman–Crippen LogP) is 1.48. The third-order valence-electron chi connectivity index (χ3n) is 2.89. The predicted molar refractivity (Wildman–Crippen MR) is 82.1 cm³/mol. The molecule has 0 spiro atoms.